The quantitative estimate of drug-likeness (QED) is 0.453. The van der Waals surface area contributed by atoms with E-state index in [2.05, 4.69) is 27.7 Å². The average Bonchev–Trinajstić information content (AvgIpc) is 1.63. The number of quaternary nitrogens is 1. The molecule has 0 unspecified atom stereocenters. The molecule has 0 aliphatic heterocycles. The smallest absolute Gasteiger partial charge is 0.101 e. The molecule has 0 bridgehead atoms. The Morgan fingerprint density at radius 2 is 1.70 bits per heavy atom. The van der Waals surface area contributed by atoms with E-state index >= 15 is 0 Å². The molecule has 0 aliphatic carbocycles. The molecule has 0 saturated heterocycles. The first-order chi connectivity index (χ1) is 4.47. The molecule has 0 saturated carbocycles. The van der Waals surface area contributed by atoms with Gasteiger partial charge >= 0.3 is 0 Å². The molecule has 10 heavy (non-hydrogen) atoms. The van der Waals surface area contributed by atoms with Crippen molar-refractivity contribution in [2.45, 2.75) is 6.92 Å². The minimum absolute atomic E-state index is 0.281. The second-order valence-corrected chi connectivity index (χ2v) is 3.15. The van der Waals surface area contributed by atoms with E-state index in [-0.39, 0.29) is 6.61 Å². The summed E-state index contributed by atoms with van der Waals surface area (Å²) < 4.78 is 0.844. The van der Waals surface area contributed by atoms with E-state index in [0.29, 0.717) is 0 Å². The lowest BCUT2D eigenvalue weighted by molar-refractivity contribution is -0.870. The standard InChI is InChI=1S/C5H14NO.C3H6/c1-6(2,3)4-5-7;1-3-2/h7H,4-5H2,1-3H3;3H,1H2,2H3/q+1;. The third-order valence-electron chi connectivity index (χ3n) is 0.771. The molecule has 2 heteroatoms. The van der Waals surface area contributed by atoms with Crippen LogP contribution in [0.15, 0.2) is 12.7 Å². The molecular weight excluding hydrogens is 126 g/mol. The summed E-state index contributed by atoms with van der Waals surface area (Å²) >= 11 is 0. The summed E-state index contributed by atoms with van der Waals surface area (Å²) in [6, 6.07) is 0. The van der Waals surface area contributed by atoms with E-state index in [1.54, 1.807) is 6.08 Å². The fraction of sp³-hybridized carbons (Fsp3) is 0.750. The Labute approximate surface area is 64.4 Å². The van der Waals surface area contributed by atoms with Crippen LogP contribution < -0.4 is 0 Å². The summed E-state index contributed by atoms with van der Waals surface area (Å²) in [5, 5.41) is 8.39. The van der Waals surface area contributed by atoms with Crippen LogP contribution in [0.1, 0.15) is 6.92 Å². The van der Waals surface area contributed by atoms with Crippen molar-refractivity contribution in [2.75, 3.05) is 34.3 Å². The van der Waals surface area contributed by atoms with Gasteiger partial charge in [0.1, 0.15) is 6.54 Å². The Hall–Kier alpha value is -0.340. The van der Waals surface area contributed by atoms with Gasteiger partial charge < -0.3 is 9.59 Å². The van der Waals surface area contributed by atoms with Gasteiger partial charge in [0.2, 0.25) is 0 Å². The van der Waals surface area contributed by atoms with E-state index in [4.69, 9.17) is 5.11 Å². The number of hydrogen-bond acceptors (Lipinski definition) is 1. The molecule has 0 heterocycles. The third kappa shape index (κ3) is 25.4. The maximum absolute atomic E-state index is 8.39. The number of likely N-dealkylation sites (N-methyl/N-ethyl adjacent to an activating group) is 1. The van der Waals surface area contributed by atoms with Crippen molar-refractivity contribution < 1.29 is 9.59 Å². The molecular formula is C8H20NO+. The summed E-state index contributed by atoms with van der Waals surface area (Å²) in [7, 11) is 6.16. The van der Waals surface area contributed by atoms with Crippen molar-refractivity contribution in [3.63, 3.8) is 0 Å². The van der Waals surface area contributed by atoms with Crippen molar-refractivity contribution in [3.05, 3.63) is 12.7 Å². The van der Waals surface area contributed by atoms with Gasteiger partial charge in [-0.1, -0.05) is 6.08 Å². The van der Waals surface area contributed by atoms with Gasteiger partial charge in [-0.25, -0.2) is 0 Å². The van der Waals surface area contributed by atoms with Crippen LogP contribution in [0.5, 0.6) is 0 Å². The van der Waals surface area contributed by atoms with Gasteiger partial charge in [0.25, 0.3) is 0 Å². The molecule has 1 N–H and O–H groups in total. The lowest BCUT2D eigenvalue weighted by Crippen LogP contribution is -2.36. The largest absolute Gasteiger partial charge is 0.391 e. The maximum atomic E-state index is 8.39. The summed E-state index contributed by atoms with van der Waals surface area (Å²) in [6.07, 6.45) is 1.75. The highest BCUT2D eigenvalue weighted by atomic mass is 16.3. The normalized spacial score (nSPS) is 9.70. The molecule has 0 aromatic rings. The van der Waals surface area contributed by atoms with Crippen molar-refractivity contribution in [3.8, 4) is 0 Å². The van der Waals surface area contributed by atoms with Crippen LogP contribution in [0, 0.1) is 0 Å². The van der Waals surface area contributed by atoms with Crippen molar-refractivity contribution in [1.82, 2.24) is 0 Å². The summed E-state index contributed by atoms with van der Waals surface area (Å²) in [4.78, 5) is 0. The van der Waals surface area contributed by atoms with E-state index in [1.807, 2.05) is 6.92 Å². The highest BCUT2D eigenvalue weighted by molar-refractivity contribution is 4.51. The maximum Gasteiger partial charge on any atom is 0.101 e. The number of nitrogens with zero attached hydrogens (tertiary/aromatic N) is 1. The highest BCUT2D eigenvalue weighted by Crippen LogP contribution is 1.84. The molecule has 2 nitrogen and oxygen atoms in total. The summed E-state index contributed by atoms with van der Waals surface area (Å²) in [6.45, 7) is 6.36. The Morgan fingerprint density at radius 1 is 1.40 bits per heavy atom. The van der Waals surface area contributed by atoms with E-state index < -0.39 is 0 Å². The first-order valence-corrected chi connectivity index (χ1v) is 3.46. The fourth-order valence-electron chi connectivity index (χ4n) is 0.300. The van der Waals surface area contributed by atoms with E-state index in [1.165, 1.54) is 0 Å². The minimum Gasteiger partial charge on any atom is -0.391 e. The van der Waals surface area contributed by atoms with Gasteiger partial charge in [-0.05, 0) is 6.92 Å². The first kappa shape index (κ1) is 12.3. The zero-order chi connectivity index (χ0) is 8.62. The monoisotopic (exact) mass is 146 g/mol. The first-order valence-electron chi connectivity index (χ1n) is 3.46. The summed E-state index contributed by atoms with van der Waals surface area (Å²) in [5.41, 5.74) is 0. The molecule has 0 amide bonds. The third-order valence-corrected chi connectivity index (χ3v) is 0.771. The zero-order valence-electron chi connectivity index (χ0n) is 7.59. The lowest BCUT2D eigenvalue weighted by Gasteiger charge is -2.21. The number of aliphatic hydroxyl groups excluding tert-OH is 1. The number of aliphatic hydroxyl groups is 1. The predicted molar refractivity (Wildman–Crippen MR) is 45.9 cm³/mol. The highest BCUT2D eigenvalue weighted by Gasteiger charge is 2.02. The van der Waals surface area contributed by atoms with Crippen molar-refractivity contribution in [1.29, 1.82) is 0 Å². The molecule has 0 spiro atoms. The van der Waals surface area contributed by atoms with Gasteiger partial charge in [0.05, 0.1) is 27.7 Å². The van der Waals surface area contributed by atoms with Gasteiger partial charge in [-0.3, -0.25) is 0 Å². The predicted octanol–water partition coefficient (Wildman–Crippen LogP) is 0.877. The van der Waals surface area contributed by atoms with Crippen LogP contribution in [0.4, 0.5) is 0 Å². The number of allylic oxidation sites excluding steroid dienone is 1. The lowest BCUT2D eigenvalue weighted by atomic mass is 10.5. The molecule has 0 aromatic carbocycles. The second kappa shape index (κ2) is 6.78. The molecule has 0 aliphatic rings. The Balaban J connectivity index is 0. The number of hydrogen-bond donors (Lipinski definition) is 1. The van der Waals surface area contributed by atoms with Crippen molar-refractivity contribution in [2.24, 2.45) is 0 Å². The molecule has 0 radical (unpaired) electrons. The Kier molecular flexibility index (Phi) is 8.37. The molecule has 0 atom stereocenters. The van der Waals surface area contributed by atoms with Crippen LogP contribution in [-0.2, 0) is 0 Å². The van der Waals surface area contributed by atoms with E-state index in [0.717, 1.165) is 11.0 Å². The van der Waals surface area contributed by atoms with Crippen LogP contribution in [0.3, 0.4) is 0 Å². The average molecular weight is 146 g/mol. The Bertz CT molecular complexity index is 73.8. The minimum atomic E-state index is 0.281. The Morgan fingerprint density at radius 3 is 1.70 bits per heavy atom. The van der Waals surface area contributed by atoms with Crippen molar-refractivity contribution >= 4 is 0 Å². The molecule has 62 valence electrons. The SMILES string of the molecule is C=CC.C[N+](C)(C)CCO. The van der Waals surface area contributed by atoms with Crippen LogP contribution in [-0.4, -0.2) is 43.9 Å². The summed E-state index contributed by atoms with van der Waals surface area (Å²) in [5.74, 6) is 0. The molecule has 0 fully saturated rings. The topological polar surface area (TPSA) is 20.2 Å². The molecule has 0 rings (SSSR count). The van der Waals surface area contributed by atoms with E-state index in [9.17, 15) is 0 Å². The van der Waals surface area contributed by atoms with Gasteiger partial charge in [0, 0.05) is 0 Å². The van der Waals surface area contributed by atoms with Crippen LogP contribution in [0.2, 0.25) is 0 Å². The molecule has 0 aromatic heterocycles. The zero-order valence-corrected chi connectivity index (χ0v) is 7.59. The van der Waals surface area contributed by atoms with Gasteiger partial charge in [-0.2, -0.15) is 0 Å². The second-order valence-electron chi connectivity index (χ2n) is 3.15. The van der Waals surface area contributed by atoms with Crippen LogP contribution >= 0.6 is 0 Å². The van der Waals surface area contributed by atoms with Gasteiger partial charge in [-0.15, -0.1) is 6.58 Å². The van der Waals surface area contributed by atoms with Crippen LogP contribution in [0.25, 0.3) is 0 Å². The number of rotatable bonds is 2. The fourth-order valence-corrected chi connectivity index (χ4v) is 0.300. The van der Waals surface area contributed by atoms with Gasteiger partial charge in [0.15, 0.2) is 0 Å².